The quantitative estimate of drug-likeness (QED) is 0.723. The van der Waals surface area contributed by atoms with Gasteiger partial charge >= 0.3 is 0 Å². The SMILES string of the molecule is COCCCNc1cnc(C(=O)Nc2ccc(Br)c(C)c2)cn1. The van der Waals surface area contributed by atoms with E-state index in [1.807, 2.05) is 25.1 Å². The van der Waals surface area contributed by atoms with Gasteiger partial charge in [-0.3, -0.25) is 4.79 Å². The van der Waals surface area contributed by atoms with Gasteiger partial charge in [0.2, 0.25) is 0 Å². The predicted molar refractivity (Wildman–Crippen MR) is 93.8 cm³/mol. The number of rotatable bonds is 7. The third-order valence-electron chi connectivity index (χ3n) is 3.13. The van der Waals surface area contributed by atoms with Gasteiger partial charge in [0.15, 0.2) is 0 Å². The fourth-order valence-electron chi connectivity index (χ4n) is 1.89. The molecule has 0 radical (unpaired) electrons. The lowest BCUT2D eigenvalue weighted by Crippen LogP contribution is -2.15. The molecule has 7 heteroatoms. The van der Waals surface area contributed by atoms with Crippen LogP contribution in [0.25, 0.3) is 0 Å². The predicted octanol–water partition coefficient (Wildman–Crippen LogP) is 3.25. The van der Waals surface area contributed by atoms with Crippen LogP contribution in [0.5, 0.6) is 0 Å². The smallest absolute Gasteiger partial charge is 0.275 e. The molecule has 0 aliphatic rings. The fourth-order valence-corrected chi connectivity index (χ4v) is 2.13. The van der Waals surface area contributed by atoms with Crippen molar-refractivity contribution in [2.45, 2.75) is 13.3 Å². The van der Waals surface area contributed by atoms with E-state index < -0.39 is 0 Å². The van der Waals surface area contributed by atoms with Crippen molar-refractivity contribution in [3.8, 4) is 0 Å². The second kappa shape index (κ2) is 8.59. The molecule has 0 saturated carbocycles. The van der Waals surface area contributed by atoms with Crippen molar-refractivity contribution in [3.63, 3.8) is 0 Å². The third kappa shape index (κ3) is 5.30. The summed E-state index contributed by atoms with van der Waals surface area (Å²) in [4.78, 5) is 20.5. The van der Waals surface area contributed by atoms with Gasteiger partial charge in [0.25, 0.3) is 5.91 Å². The molecule has 0 atom stereocenters. The number of aromatic nitrogens is 2. The van der Waals surface area contributed by atoms with Crippen LogP contribution in [0, 0.1) is 6.92 Å². The van der Waals surface area contributed by atoms with Crippen molar-refractivity contribution in [3.05, 3.63) is 46.3 Å². The van der Waals surface area contributed by atoms with E-state index in [1.54, 1.807) is 13.3 Å². The molecular weight excluding hydrogens is 360 g/mol. The highest BCUT2D eigenvalue weighted by Crippen LogP contribution is 2.20. The van der Waals surface area contributed by atoms with Gasteiger partial charge in [-0.25, -0.2) is 9.97 Å². The lowest BCUT2D eigenvalue weighted by atomic mass is 10.2. The first-order valence-corrected chi connectivity index (χ1v) is 8.02. The van der Waals surface area contributed by atoms with Gasteiger partial charge in [-0.05, 0) is 37.1 Å². The van der Waals surface area contributed by atoms with E-state index in [9.17, 15) is 4.79 Å². The minimum atomic E-state index is -0.287. The zero-order chi connectivity index (χ0) is 16.7. The summed E-state index contributed by atoms with van der Waals surface area (Å²) in [5.74, 6) is 0.349. The summed E-state index contributed by atoms with van der Waals surface area (Å²) in [6.07, 6.45) is 3.89. The maximum absolute atomic E-state index is 12.2. The third-order valence-corrected chi connectivity index (χ3v) is 4.02. The van der Waals surface area contributed by atoms with Crippen molar-refractivity contribution >= 4 is 33.3 Å². The Labute approximate surface area is 143 Å². The van der Waals surface area contributed by atoms with Gasteiger partial charge < -0.3 is 15.4 Å². The van der Waals surface area contributed by atoms with E-state index in [1.165, 1.54) is 6.20 Å². The van der Waals surface area contributed by atoms with Gasteiger partial charge in [-0.2, -0.15) is 0 Å². The summed E-state index contributed by atoms with van der Waals surface area (Å²) in [5, 5.41) is 5.92. The average molecular weight is 379 g/mol. The van der Waals surface area contributed by atoms with E-state index in [0.717, 1.165) is 28.7 Å². The number of nitrogens with one attached hydrogen (secondary N) is 2. The summed E-state index contributed by atoms with van der Waals surface area (Å²) in [5.41, 5.74) is 2.04. The number of nitrogens with zero attached hydrogens (tertiary/aromatic N) is 2. The maximum atomic E-state index is 12.2. The maximum Gasteiger partial charge on any atom is 0.275 e. The van der Waals surface area contributed by atoms with Gasteiger partial charge in [-0.15, -0.1) is 0 Å². The van der Waals surface area contributed by atoms with Crippen LogP contribution in [0.15, 0.2) is 35.1 Å². The number of anilines is 2. The highest BCUT2D eigenvalue weighted by Gasteiger charge is 2.09. The number of benzene rings is 1. The Kier molecular flexibility index (Phi) is 6.49. The number of carbonyl (C=O) groups is 1. The van der Waals surface area contributed by atoms with Crippen LogP contribution in [0.1, 0.15) is 22.5 Å². The zero-order valence-corrected chi connectivity index (χ0v) is 14.7. The fraction of sp³-hybridized carbons (Fsp3) is 0.312. The molecule has 0 unspecified atom stereocenters. The summed E-state index contributed by atoms with van der Waals surface area (Å²) in [7, 11) is 1.67. The Morgan fingerprint density at radius 1 is 1.30 bits per heavy atom. The number of aryl methyl sites for hydroxylation is 1. The molecule has 0 spiro atoms. The molecular formula is C16H19BrN4O2. The van der Waals surface area contributed by atoms with Crippen LogP contribution in [-0.4, -0.2) is 36.1 Å². The average Bonchev–Trinajstić information content (AvgIpc) is 2.55. The van der Waals surface area contributed by atoms with E-state index >= 15 is 0 Å². The molecule has 1 amide bonds. The van der Waals surface area contributed by atoms with Crippen LogP contribution < -0.4 is 10.6 Å². The second-order valence-electron chi connectivity index (χ2n) is 4.98. The summed E-state index contributed by atoms with van der Waals surface area (Å²) >= 11 is 3.43. The van der Waals surface area contributed by atoms with E-state index in [2.05, 4.69) is 36.5 Å². The van der Waals surface area contributed by atoms with Crippen molar-refractivity contribution in [2.75, 3.05) is 30.9 Å². The number of amides is 1. The van der Waals surface area contributed by atoms with Crippen molar-refractivity contribution < 1.29 is 9.53 Å². The number of carbonyl (C=O) groups excluding carboxylic acids is 1. The minimum absolute atomic E-state index is 0.271. The molecule has 0 aliphatic carbocycles. The number of hydrogen-bond donors (Lipinski definition) is 2. The Morgan fingerprint density at radius 2 is 2.13 bits per heavy atom. The molecule has 0 fully saturated rings. The topological polar surface area (TPSA) is 76.1 Å². The lowest BCUT2D eigenvalue weighted by Gasteiger charge is -2.08. The van der Waals surface area contributed by atoms with Crippen LogP contribution in [-0.2, 0) is 4.74 Å². The van der Waals surface area contributed by atoms with Gasteiger partial charge in [0.05, 0.1) is 12.4 Å². The minimum Gasteiger partial charge on any atom is -0.385 e. The molecule has 0 saturated heterocycles. The normalized spacial score (nSPS) is 10.4. The molecule has 0 bridgehead atoms. The summed E-state index contributed by atoms with van der Waals surface area (Å²) in [6, 6.07) is 5.61. The molecule has 1 aromatic carbocycles. The number of hydrogen-bond acceptors (Lipinski definition) is 5. The van der Waals surface area contributed by atoms with Gasteiger partial charge in [0.1, 0.15) is 11.5 Å². The lowest BCUT2D eigenvalue weighted by molar-refractivity contribution is 0.102. The number of halogens is 1. The van der Waals surface area contributed by atoms with Gasteiger partial charge in [-0.1, -0.05) is 15.9 Å². The largest absolute Gasteiger partial charge is 0.385 e. The standard InChI is InChI=1S/C16H19BrN4O2/c1-11-8-12(4-5-13(11)17)21-16(22)14-9-20-15(10-19-14)18-6-3-7-23-2/h4-5,8-10H,3,6-7H2,1-2H3,(H,18,20)(H,21,22). The van der Waals surface area contributed by atoms with Crippen molar-refractivity contribution in [1.29, 1.82) is 0 Å². The molecule has 1 aromatic heterocycles. The molecule has 2 aromatic rings. The Hall–Kier alpha value is -1.99. The molecule has 2 rings (SSSR count). The molecule has 1 heterocycles. The summed E-state index contributed by atoms with van der Waals surface area (Å²) in [6.45, 7) is 3.39. The highest BCUT2D eigenvalue weighted by molar-refractivity contribution is 9.10. The van der Waals surface area contributed by atoms with Crippen LogP contribution in [0.4, 0.5) is 11.5 Å². The first kappa shape index (κ1) is 17.4. The molecule has 2 N–H and O–H groups in total. The zero-order valence-electron chi connectivity index (χ0n) is 13.1. The first-order valence-electron chi connectivity index (χ1n) is 7.22. The number of methoxy groups -OCH3 is 1. The van der Waals surface area contributed by atoms with Gasteiger partial charge in [0, 0.05) is 30.4 Å². The Morgan fingerprint density at radius 3 is 2.78 bits per heavy atom. The van der Waals surface area contributed by atoms with Crippen molar-refractivity contribution in [1.82, 2.24) is 9.97 Å². The molecule has 122 valence electrons. The number of ether oxygens (including phenoxy) is 1. The second-order valence-corrected chi connectivity index (χ2v) is 5.83. The van der Waals surface area contributed by atoms with E-state index in [0.29, 0.717) is 12.4 Å². The van der Waals surface area contributed by atoms with Crippen molar-refractivity contribution in [2.24, 2.45) is 0 Å². The molecule has 6 nitrogen and oxygen atoms in total. The van der Waals surface area contributed by atoms with E-state index in [4.69, 9.17) is 4.74 Å². The first-order chi connectivity index (χ1) is 11.1. The molecule has 0 aliphatic heterocycles. The Bertz CT molecular complexity index is 662. The molecule has 23 heavy (non-hydrogen) atoms. The highest BCUT2D eigenvalue weighted by atomic mass is 79.9. The van der Waals surface area contributed by atoms with Crippen LogP contribution in [0.2, 0.25) is 0 Å². The van der Waals surface area contributed by atoms with Crippen LogP contribution in [0.3, 0.4) is 0 Å². The van der Waals surface area contributed by atoms with Crippen LogP contribution >= 0.6 is 15.9 Å². The van der Waals surface area contributed by atoms with E-state index in [-0.39, 0.29) is 11.6 Å². The summed E-state index contributed by atoms with van der Waals surface area (Å²) < 4.78 is 5.97. The Balaban J connectivity index is 1.93. The monoisotopic (exact) mass is 378 g/mol.